The van der Waals surface area contributed by atoms with Crippen molar-refractivity contribution in [2.75, 3.05) is 6.54 Å². The molecule has 114 valence electrons. The second-order valence-corrected chi connectivity index (χ2v) is 7.76. The maximum atomic E-state index is 6.06. The van der Waals surface area contributed by atoms with E-state index in [-0.39, 0.29) is 5.54 Å². The molecule has 1 fully saturated rings. The molecule has 2 rings (SSSR count). The van der Waals surface area contributed by atoms with Crippen molar-refractivity contribution in [2.45, 2.75) is 78.6 Å². The van der Waals surface area contributed by atoms with Gasteiger partial charge in [-0.15, -0.1) is 0 Å². The van der Waals surface area contributed by atoms with Crippen LogP contribution in [0.2, 0.25) is 0 Å². The topological polar surface area (TPSA) is 28.4 Å². The summed E-state index contributed by atoms with van der Waals surface area (Å²) < 4.78 is 6.06. The molecular weight excluding hydrogens is 248 g/mol. The SMILES string of the molecule is Cc1cc(CN2CCCC2(C)C)oc1CNC(C)(C)C. The van der Waals surface area contributed by atoms with Crippen molar-refractivity contribution in [1.29, 1.82) is 0 Å². The molecule has 0 bridgehead atoms. The number of nitrogens with zero attached hydrogens (tertiary/aromatic N) is 1. The third kappa shape index (κ3) is 3.86. The largest absolute Gasteiger partial charge is 0.463 e. The predicted octanol–water partition coefficient (Wildman–Crippen LogP) is 3.85. The van der Waals surface area contributed by atoms with E-state index >= 15 is 0 Å². The minimum absolute atomic E-state index is 0.121. The van der Waals surface area contributed by atoms with Crippen LogP contribution in [0.15, 0.2) is 10.5 Å². The highest BCUT2D eigenvalue weighted by molar-refractivity contribution is 5.20. The average Bonchev–Trinajstić information content (AvgIpc) is 2.80. The molecule has 0 atom stereocenters. The maximum absolute atomic E-state index is 6.06. The number of rotatable bonds is 4. The Morgan fingerprint density at radius 2 is 2.05 bits per heavy atom. The van der Waals surface area contributed by atoms with Gasteiger partial charge in [0.25, 0.3) is 0 Å². The van der Waals surface area contributed by atoms with Crippen LogP contribution in [0.3, 0.4) is 0 Å². The van der Waals surface area contributed by atoms with E-state index in [1.165, 1.54) is 24.9 Å². The van der Waals surface area contributed by atoms with Gasteiger partial charge in [0.05, 0.1) is 13.1 Å². The molecule has 0 aromatic carbocycles. The molecule has 2 heterocycles. The maximum Gasteiger partial charge on any atom is 0.120 e. The summed E-state index contributed by atoms with van der Waals surface area (Å²) in [7, 11) is 0. The summed E-state index contributed by atoms with van der Waals surface area (Å²) in [4.78, 5) is 2.53. The summed E-state index contributed by atoms with van der Waals surface area (Å²) in [6, 6.07) is 2.20. The van der Waals surface area contributed by atoms with Gasteiger partial charge in [-0.2, -0.15) is 0 Å². The summed E-state index contributed by atoms with van der Waals surface area (Å²) in [5.74, 6) is 2.18. The average molecular weight is 278 g/mol. The van der Waals surface area contributed by atoms with Crippen molar-refractivity contribution >= 4 is 0 Å². The first kappa shape index (κ1) is 15.6. The molecule has 0 aliphatic carbocycles. The zero-order chi connectivity index (χ0) is 15.0. The van der Waals surface area contributed by atoms with Crippen LogP contribution in [-0.4, -0.2) is 22.5 Å². The van der Waals surface area contributed by atoms with E-state index in [1.54, 1.807) is 0 Å². The van der Waals surface area contributed by atoms with E-state index in [1.807, 2.05) is 0 Å². The zero-order valence-electron chi connectivity index (χ0n) is 14.0. The molecule has 0 saturated carbocycles. The minimum atomic E-state index is 0.121. The minimum Gasteiger partial charge on any atom is -0.463 e. The number of aryl methyl sites for hydroxylation is 1. The third-order valence-corrected chi connectivity index (χ3v) is 4.27. The molecule has 20 heavy (non-hydrogen) atoms. The fourth-order valence-electron chi connectivity index (χ4n) is 2.83. The molecule has 1 aromatic heterocycles. The Hall–Kier alpha value is -0.800. The van der Waals surface area contributed by atoms with Crippen LogP contribution in [0.4, 0.5) is 0 Å². The monoisotopic (exact) mass is 278 g/mol. The van der Waals surface area contributed by atoms with Crippen LogP contribution in [0.5, 0.6) is 0 Å². The van der Waals surface area contributed by atoms with Crippen LogP contribution in [0.25, 0.3) is 0 Å². The molecule has 1 aromatic rings. The van der Waals surface area contributed by atoms with Gasteiger partial charge in [-0.05, 0) is 72.6 Å². The Morgan fingerprint density at radius 3 is 2.60 bits per heavy atom. The number of furan rings is 1. The van der Waals surface area contributed by atoms with Crippen molar-refractivity contribution in [3.05, 3.63) is 23.2 Å². The zero-order valence-corrected chi connectivity index (χ0v) is 14.0. The summed E-state index contributed by atoms with van der Waals surface area (Å²) in [5, 5.41) is 3.49. The summed E-state index contributed by atoms with van der Waals surface area (Å²) in [5.41, 5.74) is 1.69. The van der Waals surface area contributed by atoms with Crippen molar-refractivity contribution < 1.29 is 4.42 Å². The van der Waals surface area contributed by atoms with E-state index in [0.717, 1.165) is 24.6 Å². The van der Waals surface area contributed by atoms with Gasteiger partial charge >= 0.3 is 0 Å². The van der Waals surface area contributed by atoms with Gasteiger partial charge in [0.1, 0.15) is 11.5 Å². The highest BCUT2D eigenvalue weighted by Gasteiger charge is 2.32. The second-order valence-electron chi connectivity index (χ2n) is 7.76. The first-order chi connectivity index (χ1) is 9.17. The van der Waals surface area contributed by atoms with Crippen LogP contribution in [0, 0.1) is 6.92 Å². The van der Waals surface area contributed by atoms with Crippen molar-refractivity contribution in [2.24, 2.45) is 0 Å². The predicted molar refractivity (Wildman–Crippen MR) is 83.8 cm³/mol. The van der Waals surface area contributed by atoms with E-state index in [2.05, 4.69) is 57.8 Å². The van der Waals surface area contributed by atoms with Crippen molar-refractivity contribution in [3.8, 4) is 0 Å². The Kier molecular flexibility index (Phi) is 4.31. The van der Waals surface area contributed by atoms with Gasteiger partial charge < -0.3 is 9.73 Å². The van der Waals surface area contributed by atoms with Crippen LogP contribution >= 0.6 is 0 Å². The molecule has 1 N–H and O–H groups in total. The number of nitrogens with one attached hydrogen (secondary N) is 1. The number of hydrogen-bond donors (Lipinski definition) is 1. The Labute approximate surface area is 123 Å². The van der Waals surface area contributed by atoms with Gasteiger partial charge in [-0.1, -0.05) is 0 Å². The van der Waals surface area contributed by atoms with E-state index < -0.39 is 0 Å². The smallest absolute Gasteiger partial charge is 0.120 e. The lowest BCUT2D eigenvalue weighted by Gasteiger charge is -2.30. The standard InChI is InChI=1S/C17H30N2O/c1-13-10-14(12-19-9-7-8-17(19,5)6)20-15(13)11-18-16(2,3)4/h10,18H,7-9,11-12H2,1-6H3. The molecule has 3 nitrogen and oxygen atoms in total. The van der Waals surface area contributed by atoms with Gasteiger partial charge in [0.2, 0.25) is 0 Å². The second kappa shape index (κ2) is 5.53. The van der Waals surface area contributed by atoms with Crippen LogP contribution in [-0.2, 0) is 13.1 Å². The molecule has 1 aliphatic heterocycles. The van der Waals surface area contributed by atoms with E-state index in [9.17, 15) is 0 Å². The molecule has 3 heteroatoms. The lowest BCUT2D eigenvalue weighted by Crippen LogP contribution is -2.37. The molecule has 0 unspecified atom stereocenters. The first-order valence-corrected chi connectivity index (χ1v) is 7.76. The lowest BCUT2D eigenvalue weighted by atomic mass is 10.0. The lowest BCUT2D eigenvalue weighted by molar-refractivity contribution is 0.153. The molecule has 1 aliphatic rings. The molecular formula is C17H30N2O. The van der Waals surface area contributed by atoms with E-state index in [4.69, 9.17) is 4.42 Å². The normalized spacial score (nSPS) is 19.7. The third-order valence-electron chi connectivity index (χ3n) is 4.27. The fourth-order valence-corrected chi connectivity index (χ4v) is 2.83. The molecule has 1 saturated heterocycles. The Morgan fingerprint density at radius 1 is 1.35 bits per heavy atom. The summed E-state index contributed by atoms with van der Waals surface area (Å²) in [6.07, 6.45) is 2.58. The van der Waals surface area contributed by atoms with Crippen molar-refractivity contribution in [3.63, 3.8) is 0 Å². The molecule has 0 spiro atoms. The number of likely N-dealkylation sites (tertiary alicyclic amines) is 1. The van der Waals surface area contributed by atoms with E-state index in [0.29, 0.717) is 5.54 Å². The van der Waals surface area contributed by atoms with Gasteiger partial charge in [-0.25, -0.2) is 0 Å². The Bertz CT molecular complexity index is 454. The van der Waals surface area contributed by atoms with Gasteiger partial charge in [-0.3, -0.25) is 4.90 Å². The Balaban J connectivity index is 2.00. The molecule has 0 radical (unpaired) electrons. The van der Waals surface area contributed by atoms with Crippen LogP contribution < -0.4 is 5.32 Å². The van der Waals surface area contributed by atoms with Gasteiger partial charge in [0.15, 0.2) is 0 Å². The highest BCUT2D eigenvalue weighted by Crippen LogP contribution is 2.30. The fraction of sp³-hybridized carbons (Fsp3) is 0.765. The molecule has 0 amide bonds. The van der Waals surface area contributed by atoms with Crippen molar-refractivity contribution in [1.82, 2.24) is 10.2 Å². The van der Waals surface area contributed by atoms with Gasteiger partial charge in [0, 0.05) is 11.1 Å². The first-order valence-electron chi connectivity index (χ1n) is 7.76. The van der Waals surface area contributed by atoms with Crippen LogP contribution in [0.1, 0.15) is 64.5 Å². The summed E-state index contributed by atoms with van der Waals surface area (Å²) in [6.45, 7) is 16.3. The highest BCUT2D eigenvalue weighted by atomic mass is 16.3. The quantitative estimate of drug-likeness (QED) is 0.907. The number of hydrogen-bond acceptors (Lipinski definition) is 3. The summed E-state index contributed by atoms with van der Waals surface area (Å²) >= 11 is 0.